The van der Waals surface area contributed by atoms with Gasteiger partial charge in [0.15, 0.2) is 11.6 Å². The second-order valence-corrected chi connectivity index (χ2v) is 5.25. The number of terminal acetylenes is 1. The molecular formula is C19H15FN4O. The zero-order chi connectivity index (χ0) is 17.8. The van der Waals surface area contributed by atoms with Crippen LogP contribution in [-0.2, 0) is 0 Å². The first-order chi connectivity index (χ1) is 12.1. The average Bonchev–Trinajstić information content (AvgIpc) is 2.59. The van der Waals surface area contributed by atoms with Crippen molar-refractivity contribution >= 4 is 17.3 Å². The zero-order valence-corrected chi connectivity index (χ0v) is 13.5. The summed E-state index contributed by atoms with van der Waals surface area (Å²) < 4.78 is 20.0. The molecule has 2 aromatic heterocycles. The van der Waals surface area contributed by atoms with Crippen LogP contribution in [0.25, 0.3) is 0 Å². The second kappa shape index (κ2) is 6.89. The third-order valence-corrected chi connectivity index (χ3v) is 3.51. The molecule has 0 aliphatic carbocycles. The minimum absolute atomic E-state index is 0.0328. The number of ether oxygens (including phenoxy) is 1. The van der Waals surface area contributed by atoms with Gasteiger partial charge in [-0.2, -0.15) is 0 Å². The van der Waals surface area contributed by atoms with E-state index >= 15 is 0 Å². The van der Waals surface area contributed by atoms with Gasteiger partial charge in [-0.05, 0) is 30.7 Å². The summed E-state index contributed by atoms with van der Waals surface area (Å²) in [6, 6.07) is 9.80. The Kier molecular flexibility index (Phi) is 4.48. The molecule has 0 unspecified atom stereocenters. The normalized spacial score (nSPS) is 10.1. The standard InChI is InChI=1S/C19H15FN4O/c1-3-14-16(8-10-22-18(14)21)25-17-7-6-13(11-15(17)20)24-19-12(2)5-4-9-23-19/h1,4-11H,2H3,(H2,21,22)(H,23,24). The number of pyridine rings is 2. The quantitative estimate of drug-likeness (QED) is 0.705. The molecule has 0 spiro atoms. The van der Waals surface area contributed by atoms with Crippen molar-refractivity contribution in [2.75, 3.05) is 11.1 Å². The number of hydrogen-bond acceptors (Lipinski definition) is 5. The molecule has 0 amide bonds. The first-order valence-electron chi connectivity index (χ1n) is 7.45. The summed E-state index contributed by atoms with van der Waals surface area (Å²) in [4.78, 5) is 8.11. The molecule has 6 heteroatoms. The summed E-state index contributed by atoms with van der Waals surface area (Å²) in [5, 5.41) is 3.07. The van der Waals surface area contributed by atoms with Crippen LogP contribution in [0.2, 0.25) is 0 Å². The number of hydrogen-bond donors (Lipinski definition) is 2. The lowest BCUT2D eigenvalue weighted by atomic mass is 10.2. The van der Waals surface area contributed by atoms with Crippen LogP contribution in [0.3, 0.4) is 0 Å². The van der Waals surface area contributed by atoms with E-state index in [4.69, 9.17) is 16.9 Å². The molecule has 25 heavy (non-hydrogen) atoms. The maximum absolute atomic E-state index is 14.4. The van der Waals surface area contributed by atoms with Gasteiger partial charge in [-0.1, -0.05) is 12.0 Å². The van der Waals surface area contributed by atoms with Crippen molar-refractivity contribution < 1.29 is 9.13 Å². The summed E-state index contributed by atoms with van der Waals surface area (Å²) in [7, 11) is 0. The molecule has 0 saturated heterocycles. The van der Waals surface area contributed by atoms with Crippen LogP contribution in [0.1, 0.15) is 11.1 Å². The predicted molar refractivity (Wildman–Crippen MR) is 95.3 cm³/mol. The lowest BCUT2D eigenvalue weighted by Gasteiger charge is -2.12. The van der Waals surface area contributed by atoms with Crippen LogP contribution >= 0.6 is 0 Å². The van der Waals surface area contributed by atoms with Gasteiger partial charge in [-0.15, -0.1) is 6.42 Å². The molecule has 3 N–H and O–H groups in total. The third kappa shape index (κ3) is 3.51. The van der Waals surface area contributed by atoms with E-state index in [2.05, 4.69) is 21.2 Å². The van der Waals surface area contributed by atoms with Gasteiger partial charge < -0.3 is 15.8 Å². The molecule has 0 radical (unpaired) electrons. The predicted octanol–water partition coefficient (Wildman–Crippen LogP) is 4.02. The molecule has 0 atom stereocenters. The average molecular weight is 334 g/mol. The Morgan fingerprint density at radius 1 is 1.16 bits per heavy atom. The van der Waals surface area contributed by atoms with Gasteiger partial charge >= 0.3 is 0 Å². The monoisotopic (exact) mass is 334 g/mol. The number of benzene rings is 1. The SMILES string of the molecule is C#Cc1c(Oc2ccc(Nc3ncccc3C)cc2F)ccnc1N. The fourth-order valence-corrected chi connectivity index (χ4v) is 2.22. The van der Waals surface area contributed by atoms with E-state index in [9.17, 15) is 4.39 Å². The van der Waals surface area contributed by atoms with E-state index in [1.165, 1.54) is 24.4 Å². The Labute approximate surface area is 144 Å². The number of halogens is 1. The highest BCUT2D eigenvalue weighted by atomic mass is 19.1. The number of nitrogens with one attached hydrogen (secondary N) is 1. The maximum Gasteiger partial charge on any atom is 0.167 e. The van der Waals surface area contributed by atoms with Gasteiger partial charge in [0.2, 0.25) is 0 Å². The molecule has 0 bridgehead atoms. The van der Waals surface area contributed by atoms with E-state index < -0.39 is 5.82 Å². The van der Waals surface area contributed by atoms with E-state index in [-0.39, 0.29) is 22.9 Å². The van der Waals surface area contributed by atoms with Gasteiger partial charge in [0.1, 0.15) is 22.9 Å². The van der Waals surface area contributed by atoms with Gasteiger partial charge in [-0.3, -0.25) is 0 Å². The van der Waals surface area contributed by atoms with Crippen molar-refractivity contribution in [1.29, 1.82) is 0 Å². The van der Waals surface area contributed by atoms with Crippen molar-refractivity contribution in [3.63, 3.8) is 0 Å². The summed E-state index contributed by atoms with van der Waals surface area (Å²) in [6.45, 7) is 1.92. The molecule has 0 aliphatic heterocycles. The number of nitrogen functional groups attached to an aromatic ring is 1. The van der Waals surface area contributed by atoms with Gasteiger partial charge in [0.05, 0.1) is 0 Å². The lowest BCUT2D eigenvalue weighted by Crippen LogP contribution is -1.99. The highest BCUT2D eigenvalue weighted by Gasteiger charge is 2.11. The smallest absolute Gasteiger partial charge is 0.167 e. The Hall–Kier alpha value is -3.59. The lowest BCUT2D eigenvalue weighted by molar-refractivity contribution is 0.441. The molecule has 0 saturated carbocycles. The molecular weight excluding hydrogens is 319 g/mol. The van der Waals surface area contributed by atoms with Crippen LogP contribution in [0.4, 0.5) is 21.7 Å². The largest absolute Gasteiger partial charge is 0.453 e. The maximum atomic E-state index is 14.4. The molecule has 3 aromatic rings. The number of nitrogens with zero attached hydrogens (tertiary/aromatic N) is 2. The second-order valence-electron chi connectivity index (χ2n) is 5.25. The Morgan fingerprint density at radius 2 is 2.00 bits per heavy atom. The van der Waals surface area contributed by atoms with Crippen LogP contribution in [0, 0.1) is 25.1 Å². The Morgan fingerprint density at radius 3 is 2.72 bits per heavy atom. The number of aromatic nitrogens is 2. The minimum Gasteiger partial charge on any atom is -0.453 e. The first kappa shape index (κ1) is 16.3. The van der Waals surface area contributed by atoms with Crippen molar-refractivity contribution in [2.24, 2.45) is 0 Å². The van der Waals surface area contributed by atoms with Crippen molar-refractivity contribution in [3.8, 4) is 23.8 Å². The Bertz CT molecular complexity index is 966. The number of anilines is 3. The molecule has 2 heterocycles. The van der Waals surface area contributed by atoms with Gasteiger partial charge in [-0.25, -0.2) is 14.4 Å². The van der Waals surface area contributed by atoms with Gasteiger partial charge in [0.25, 0.3) is 0 Å². The molecule has 0 fully saturated rings. The van der Waals surface area contributed by atoms with Crippen molar-refractivity contribution in [2.45, 2.75) is 6.92 Å². The van der Waals surface area contributed by atoms with Crippen molar-refractivity contribution in [1.82, 2.24) is 9.97 Å². The first-order valence-corrected chi connectivity index (χ1v) is 7.45. The molecule has 3 rings (SSSR count). The number of aryl methyl sites for hydroxylation is 1. The third-order valence-electron chi connectivity index (χ3n) is 3.51. The Balaban J connectivity index is 1.85. The molecule has 5 nitrogen and oxygen atoms in total. The molecule has 1 aromatic carbocycles. The summed E-state index contributed by atoms with van der Waals surface area (Å²) >= 11 is 0. The van der Waals surface area contributed by atoms with Gasteiger partial charge in [0, 0.05) is 30.2 Å². The topological polar surface area (TPSA) is 73.1 Å². The highest BCUT2D eigenvalue weighted by Crippen LogP contribution is 2.31. The fourth-order valence-electron chi connectivity index (χ4n) is 2.22. The number of rotatable bonds is 4. The molecule has 0 aliphatic rings. The van der Waals surface area contributed by atoms with Crippen LogP contribution in [0.5, 0.6) is 11.5 Å². The summed E-state index contributed by atoms with van der Waals surface area (Å²) in [6.07, 6.45) is 8.52. The fraction of sp³-hybridized carbons (Fsp3) is 0.0526. The van der Waals surface area contributed by atoms with E-state index in [1.54, 1.807) is 12.3 Å². The summed E-state index contributed by atoms with van der Waals surface area (Å²) in [5.74, 6) is 2.98. The van der Waals surface area contributed by atoms with E-state index in [0.717, 1.165) is 5.56 Å². The molecule has 124 valence electrons. The van der Waals surface area contributed by atoms with E-state index in [1.807, 2.05) is 19.1 Å². The summed E-state index contributed by atoms with van der Waals surface area (Å²) in [5.41, 5.74) is 7.50. The van der Waals surface area contributed by atoms with Crippen LogP contribution < -0.4 is 15.8 Å². The highest BCUT2D eigenvalue weighted by molar-refractivity contribution is 5.61. The van der Waals surface area contributed by atoms with Crippen LogP contribution in [0.15, 0.2) is 48.8 Å². The van der Waals surface area contributed by atoms with E-state index in [0.29, 0.717) is 11.5 Å². The zero-order valence-electron chi connectivity index (χ0n) is 13.5. The number of nitrogens with two attached hydrogens (primary N) is 1. The minimum atomic E-state index is -0.545. The van der Waals surface area contributed by atoms with Crippen molar-refractivity contribution in [3.05, 3.63) is 65.7 Å². The van der Waals surface area contributed by atoms with Crippen LogP contribution in [-0.4, -0.2) is 9.97 Å².